The van der Waals surface area contributed by atoms with Crippen LogP contribution in [0.2, 0.25) is 0 Å². The van der Waals surface area contributed by atoms with E-state index in [2.05, 4.69) is 51.1 Å². The maximum absolute atomic E-state index is 3.22. The van der Waals surface area contributed by atoms with E-state index in [1.165, 1.54) is 16.7 Å². The number of rotatable bonds is 3. The first-order valence-corrected chi connectivity index (χ1v) is 4.79. The molecule has 0 heteroatoms. The van der Waals surface area contributed by atoms with Gasteiger partial charge in [-0.15, -0.1) is 0 Å². The highest BCUT2D eigenvalue weighted by molar-refractivity contribution is 5.20. The lowest BCUT2D eigenvalue weighted by molar-refractivity contribution is 0.987. The number of hydrogen-bond donors (Lipinski definition) is 0. The Balaban J connectivity index is 2.46. The molecule has 1 aromatic carbocycles. The molecule has 0 heterocycles. The van der Waals surface area contributed by atoms with Gasteiger partial charge >= 0.3 is 0 Å². The second-order valence-electron chi connectivity index (χ2n) is 3.70. The van der Waals surface area contributed by atoms with Crippen LogP contribution in [0.5, 0.6) is 0 Å². The van der Waals surface area contributed by atoms with Crippen molar-refractivity contribution in [3.8, 4) is 0 Å². The Kier molecular flexibility index (Phi) is 3.75. The predicted octanol–water partition coefficient (Wildman–Crippen LogP) is 3.69. The molecule has 0 spiro atoms. The number of aryl methyl sites for hydroxylation is 2. The highest BCUT2D eigenvalue weighted by Crippen LogP contribution is 2.06. The van der Waals surface area contributed by atoms with Crippen molar-refractivity contribution in [2.24, 2.45) is 0 Å². The summed E-state index contributed by atoms with van der Waals surface area (Å²) in [5.74, 6) is 0. The molecule has 0 amide bonds. The Bertz CT molecular complexity index is 273. The lowest BCUT2D eigenvalue weighted by Gasteiger charge is -1.98. The summed E-state index contributed by atoms with van der Waals surface area (Å²) >= 11 is 0. The average Bonchev–Trinajstić information content (AvgIpc) is 2.08. The van der Waals surface area contributed by atoms with Gasteiger partial charge in [-0.25, -0.2) is 0 Å². The largest absolute Gasteiger partial charge is 0.0856 e. The topological polar surface area (TPSA) is 0 Å². The number of allylic oxidation sites excluding steroid dienone is 2. The molecule has 0 bridgehead atoms. The zero-order valence-corrected chi connectivity index (χ0v) is 8.72. The summed E-state index contributed by atoms with van der Waals surface area (Å²) < 4.78 is 0. The lowest BCUT2D eigenvalue weighted by atomic mass is 10.1. The third-order valence-electron chi connectivity index (χ3n) is 2.02. The van der Waals surface area contributed by atoms with Gasteiger partial charge in [0.05, 0.1) is 0 Å². The van der Waals surface area contributed by atoms with E-state index in [0.29, 0.717) is 0 Å². The van der Waals surface area contributed by atoms with Crippen LogP contribution in [0.1, 0.15) is 31.4 Å². The Hall–Kier alpha value is -1.04. The van der Waals surface area contributed by atoms with Crippen LogP contribution in [-0.4, -0.2) is 0 Å². The summed E-state index contributed by atoms with van der Waals surface area (Å²) in [6, 6.07) is 9.62. The molecule has 0 aliphatic rings. The smallest absolute Gasteiger partial charge is 0.0149 e. The monoisotopic (exact) mass is 173 g/mol. The van der Waals surface area contributed by atoms with Crippen molar-refractivity contribution in [3.05, 3.63) is 47.0 Å². The van der Waals surface area contributed by atoms with Gasteiger partial charge in [-0.1, -0.05) is 29.8 Å². The highest BCUT2D eigenvalue weighted by Gasteiger charge is 1.90. The second kappa shape index (κ2) is 4.86. The first-order chi connectivity index (χ1) is 6.18. The summed E-state index contributed by atoms with van der Waals surface area (Å²) in [6.07, 6.45) is 4.54. The molecule has 1 aromatic rings. The third-order valence-corrected chi connectivity index (χ3v) is 2.02. The van der Waals surface area contributed by atoms with Gasteiger partial charge in [0.25, 0.3) is 0 Å². The minimum atomic E-state index is 1.13. The van der Waals surface area contributed by atoms with Gasteiger partial charge in [0.2, 0.25) is 0 Å². The van der Waals surface area contributed by atoms with Crippen LogP contribution in [0.15, 0.2) is 29.8 Å². The van der Waals surface area contributed by atoms with E-state index in [1.54, 1.807) is 0 Å². The molecule has 13 heavy (non-hydrogen) atoms. The van der Waals surface area contributed by atoms with Crippen LogP contribution in [-0.2, 0) is 6.42 Å². The van der Waals surface area contributed by atoms with Crippen molar-refractivity contribution >= 4 is 0 Å². The van der Waals surface area contributed by atoms with Crippen LogP contribution in [0.4, 0.5) is 0 Å². The number of hydrogen-bond acceptors (Lipinski definition) is 0. The van der Waals surface area contributed by atoms with Crippen molar-refractivity contribution in [2.75, 3.05) is 0 Å². The van der Waals surface area contributed by atoms with Crippen LogP contribution in [0.25, 0.3) is 0 Å². The fourth-order valence-corrected chi connectivity index (χ4v) is 1.22. The van der Waals surface area contributed by atoms with E-state index in [4.69, 9.17) is 0 Å². The Morgan fingerprint density at radius 2 is 2.15 bits per heavy atom. The summed E-state index contributed by atoms with van der Waals surface area (Å²) in [5.41, 5.74) is 3.99. The second-order valence-corrected chi connectivity index (χ2v) is 3.70. The summed E-state index contributed by atoms with van der Waals surface area (Å²) in [6.45, 7) is 6.35. The lowest BCUT2D eigenvalue weighted by Crippen LogP contribution is -1.83. The summed E-state index contributed by atoms with van der Waals surface area (Å²) in [7, 11) is 0. The molecule has 0 aliphatic carbocycles. The van der Waals surface area contributed by atoms with Crippen molar-refractivity contribution in [2.45, 2.75) is 33.6 Å². The molecule has 0 aliphatic heterocycles. The normalized spacial score (nSPS) is 9.77. The number of benzene rings is 1. The van der Waals surface area contributed by atoms with Crippen molar-refractivity contribution in [1.29, 1.82) is 0 Å². The Morgan fingerprint density at radius 3 is 2.69 bits per heavy atom. The molecule has 0 unspecified atom stereocenters. The van der Waals surface area contributed by atoms with Gasteiger partial charge in [-0.3, -0.25) is 0 Å². The van der Waals surface area contributed by atoms with E-state index in [-0.39, 0.29) is 0 Å². The zero-order chi connectivity index (χ0) is 9.68. The maximum atomic E-state index is 3.22. The van der Waals surface area contributed by atoms with Gasteiger partial charge in [-0.05, 0) is 50.8 Å². The minimum absolute atomic E-state index is 1.13. The maximum Gasteiger partial charge on any atom is -0.0149 e. The van der Waals surface area contributed by atoms with E-state index in [9.17, 15) is 0 Å². The minimum Gasteiger partial charge on any atom is -0.0856 e. The molecule has 1 radical (unpaired) electrons. The van der Waals surface area contributed by atoms with Gasteiger partial charge in [-0.2, -0.15) is 0 Å². The molecule has 0 aromatic heterocycles. The Labute approximate surface area is 81.3 Å². The molecule has 0 saturated heterocycles. The van der Waals surface area contributed by atoms with Crippen molar-refractivity contribution < 1.29 is 0 Å². The van der Waals surface area contributed by atoms with Crippen molar-refractivity contribution in [1.82, 2.24) is 0 Å². The molecule has 0 fully saturated rings. The van der Waals surface area contributed by atoms with Gasteiger partial charge in [0, 0.05) is 0 Å². The van der Waals surface area contributed by atoms with E-state index < -0.39 is 0 Å². The molecule has 1 rings (SSSR count). The predicted molar refractivity (Wildman–Crippen MR) is 57.8 cm³/mol. The van der Waals surface area contributed by atoms with Gasteiger partial charge in [0.1, 0.15) is 0 Å². The zero-order valence-electron chi connectivity index (χ0n) is 8.72. The van der Waals surface area contributed by atoms with Crippen LogP contribution in [0.3, 0.4) is 0 Å². The standard InChI is InChI=1S/C13H17/c1-11(2)5-4-6-13-9-7-12(3)8-10-13/h5,7,9-10H,4,6H2,1-3H3. The summed E-state index contributed by atoms with van der Waals surface area (Å²) in [4.78, 5) is 0. The molecular weight excluding hydrogens is 156 g/mol. The molecule has 0 N–H and O–H groups in total. The first kappa shape index (κ1) is 10.0. The van der Waals surface area contributed by atoms with Crippen LogP contribution >= 0.6 is 0 Å². The van der Waals surface area contributed by atoms with E-state index in [0.717, 1.165) is 12.8 Å². The molecular formula is C13H17. The van der Waals surface area contributed by atoms with E-state index in [1.807, 2.05) is 0 Å². The molecule has 0 atom stereocenters. The summed E-state index contributed by atoms with van der Waals surface area (Å²) in [5, 5.41) is 0. The fourth-order valence-electron chi connectivity index (χ4n) is 1.22. The van der Waals surface area contributed by atoms with Crippen LogP contribution < -0.4 is 0 Å². The quantitative estimate of drug-likeness (QED) is 0.611. The molecule has 0 saturated carbocycles. The first-order valence-electron chi connectivity index (χ1n) is 4.79. The van der Waals surface area contributed by atoms with Crippen molar-refractivity contribution in [3.63, 3.8) is 0 Å². The van der Waals surface area contributed by atoms with Gasteiger partial charge < -0.3 is 0 Å². The molecule has 69 valence electrons. The van der Waals surface area contributed by atoms with Crippen LogP contribution in [0, 0.1) is 13.0 Å². The van der Waals surface area contributed by atoms with E-state index >= 15 is 0 Å². The fraction of sp³-hybridized carbons (Fsp3) is 0.385. The molecule has 0 nitrogen and oxygen atoms in total. The van der Waals surface area contributed by atoms with Gasteiger partial charge in [0.15, 0.2) is 0 Å². The third kappa shape index (κ3) is 3.93. The Morgan fingerprint density at radius 1 is 1.38 bits per heavy atom. The highest BCUT2D eigenvalue weighted by atomic mass is 14.0. The SMILES string of the molecule is CC(C)=CCCc1c[c]c(C)cc1. The average molecular weight is 173 g/mol.